The first-order valence-electron chi connectivity index (χ1n) is 5.06. The SMILES string of the molecule is CCCC1CN=C(NCC(F)(F)C(F)F)S1. The highest BCUT2D eigenvalue weighted by Gasteiger charge is 2.40. The standard InChI is InChI=1S/C9H14F4N2S/c1-2-3-6-4-14-8(16-6)15-5-9(12,13)7(10)11/h6-7H,2-5H2,1H3,(H,14,15). The van der Waals surface area contributed by atoms with Crippen LogP contribution in [0.1, 0.15) is 19.8 Å². The summed E-state index contributed by atoms with van der Waals surface area (Å²) in [6.07, 6.45) is -1.70. The van der Waals surface area contributed by atoms with E-state index in [2.05, 4.69) is 10.3 Å². The summed E-state index contributed by atoms with van der Waals surface area (Å²) in [5.41, 5.74) is 0. The monoisotopic (exact) mass is 258 g/mol. The van der Waals surface area contributed by atoms with Crippen LogP contribution in [-0.4, -0.2) is 35.9 Å². The molecule has 0 saturated carbocycles. The zero-order chi connectivity index (χ0) is 12.2. The molecule has 7 heteroatoms. The van der Waals surface area contributed by atoms with E-state index in [4.69, 9.17) is 0 Å². The lowest BCUT2D eigenvalue weighted by Crippen LogP contribution is -2.40. The third-order valence-corrected chi connectivity index (χ3v) is 3.34. The summed E-state index contributed by atoms with van der Waals surface area (Å²) in [4.78, 5) is 3.99. The highest BCUT2D eigenvalue weighted by Crippen LogP contribution is 2.25. The van der Waals surface area contributed by atoms with Crippen LogP contribution in [0.5, 0.6) is 0 Å². The van der Waals surface area contributed by atoms with Crippen LogP contribution in [0.15, 0.2) is 4.99 Å². The second-order valence-corrected chi connectivity index (χ2v) is 4.88. The molecule has 2 nitrogen and oxygen atoms in total. The van der Waals surface area contributed by atoms with Crippen molar-refractivity contribution in [2.75, 3.05) is 13.1 Å². The van der Waals surface area contributed by atoms with Crippen molar-refractivity contribution in [2.45, 2.75) is 37.4 Å². The van der Waals surface area contributed by atoms with Gasteiger partial charge >= 0.3 is 12.3 Å². The van der Waals surface area contributed by atoms with E-state index in [0.717, 1.165) is 12.8 Å². The molecule has 1 rings (SSSR count). The van der Waals surface area contributed by atoms with Crippen LogP contribution in [0.2, 0.25) is 0 Å². The van der Waals surface area contributed by atoms with E-state index in [1.807, 2.05) is 6.92 Å². The number of alkyl halides is 4. The number of thioether (sulfide) groups is 1. The molecule has 1 N–H and O–H groups in total. The average Bonchev–Trinajstić information content (AvgIpc) is 2.63. The maximum absolute atomic E-state index is 12.6. The molecule has 0 amide bonds. The second kappa shape index (κ2) is 5.75. The van der Waals surface area contributed by atoms with Gasteiger partial charge in [0, 0.05) is 5.25 Å². The second-order valence-electron chi connectivity index (χ2n) is 3.59. The van der Waals surface area contributed by atoms with Crippen LogP contribution in [0, 0.1) is 0 Å². The van der Waals surface area contributed by atoms with Crippen molar-refractivity contribution in [3.8, 4) is 0 Å². The van der Waals surface area contributed by atoms with Gasteiger partial charge in [-0.3, -0.25) is 4.99 Å². The van der Waals surface area contributed by atoms with Gasteiger partial charge in [0.1, 0.15) is 0 Å². The molecule has 0 aliphatic carbocycles. The molecule has 1 heterocycles. The molecular weight excluding hydrogens is 244 g/mol. The Kier molecular flexibility index (Phi) is 4.89. The Morgan fingerprint density at radius 3 is 2.81 bits per heavy atom. The summed E-state index contributed by atoms with van der Waals surface area (Å²) < 4.78 is 48.8. The fourth-order valence-corrected chi connectivity index (χ4v) is 2.38. The molecule has 0 aromatic rings. The Hall–Kier alpha value is -0.460. The Morgan fingerprint density at radius 2 is 2.25 bits per heavy atom. The fourth-order valence-electron chi connectivity index (χ4n) is 1.26. The zero-order valence-corrected chi connectivity index (χ0v) is 9.67. The maximum Gasteiger partial charge on any atom is 0.324 e. The number of hydrogen-bond acceptors (Lipinski definition) is 3. The van der Waals surface area contributed by atoms with Crippen LogP contribution < -0.4 is 5.32 Å². The molecule has 0 aromatic carbocycles. The van der Waals surface area contributed by atoms with Gasteiger partial charge in [0.2, 0.25) is 0 Å². The van der Waals surface area contributed by atoms with Gasteiger partial charge in [-0.15, -0.1) is 0 Å². The number of nitrogens with one attached hydrogen (secondary N) is 1. The molecule has 94 valence electrons. The quantitative estimate of drug-likeness (QED) is 0.767. The van der Waals surface area contributed by atoms with Gasteiger partial charge in [-0.1, -0.05) is 25.1 Å². The summed E-state index contributed by atoms with van der Waals surface area (Å²) in [6.45, 7) is 1.54. The Bertz CT molecular complexity index is 258. The Labute approximate surface area is 95.9 Å². The van der Waals surface area contributed by atoms with Crippen LogP contribution in [0.25, 0.3) is 0 Å². The Balaban J connectivity index is 2.30. The van der Waals surface area contributed by atoms with Crippen molar-refractivity contribution in [3.63, 3.8) is 0 Å². The molecular formula is C9H14F4N2S. The van der Waals surface area contributed by atoms with E-state index < -0.39 is 18.9 Å². The van der Waals surface area contributed by atoms with E-state index in [1.54, 1.807) is 0 Å². The minimum Gasteiger partial charge on any atom is -0.359 e. The van der Waals surface area contributed by atoms with Crippen LogP contribution >= 0.6 is 11.8 Å². The number of aliphatic imine (C=N–C) groups is 1. The topological polar surface area (TPSA) is 24.4 Å². The normalized spacial score (nSPS) is 21.4. The van der Waals surface area contributed by atoms with E-state index >= 15 is 0 Å². The number of nitrogens with zero attached hydrogens (tertiary/aromatic N) is 1. The molecule has 1 aliphatic rings. The summed E-state index contributed by atoms with van der Waals surface area (Å²) in [5, 5.41) is 2.91. The maximum atomic E-state index is 12.6. The van der Waals surface area contributed by atoms with E-state index in [9.17, 15) is 17.6 Å². The number of rotatable bonds is 5. The van der Waals surface area contributed by atoms with Crippen molar-refractivity contribution >= 4 is 16.9 Å². The highest BCUT2D eigenvalue weighted by molar-refractivity contribution is 8.14. The van der Waals surface area contributed by atoms with Gasteiger partial charge in [0.05, 0.1) is 13.1 Å². The van der Waals surface area contributed by atoms with Crippen LogP contribution in [-0.2, 0) is 0 Å². The summed E-state index contributed by atoms with van der Waals surface area (Å²) in [7, 11) is 0. The zero-order valence-electron chi connectivity index (χ0n) is 8.85. The largest absolute Gasteiger partial charge is 0.359 e. The smallest absolute Gasteiger partial charge is 0.324 e. The predicted octanol–water partition coefficient (Wildman–Crippen LogP) is 2.75. The van der Waals surface area contributed by atoms with Crippen molar-refractivity contribution in [1.29, 1.82) is 0 Å². The number of amidine groups is 1. The first-order chi connectivity index (χ1) is 7.45. The average molecular weight is 258 g/mol. The van der Waals surface area contributed by atoms with Crippen molar-refractivity contribution in [3.05, 3.63) is 0 Å². The first kappa shape index (κ1) is 13.6. The van der Waals surface area contributed by atoms with Gasteiger partial charge in [0.25, 0.3) is 0 Å². The number of halogens is 4. The molecule has 16 heavy (non-hydrogen) atoms. The first-order valence-corrected chi connectivity index (χ1v) is 5.94. The van der Waals surface area contributed by atoms with Gasteiger partial charge in [0.15, 0.2) is 5.17 Å². The lowest BCUT2D eigenvalue weighted by Gasteiger charge is -2.16. The van der Waals surface area contributed by atoms with Gasteiger partial charge < -0.3 is 5.32 Å². The molecule has 1 atom stereocenters. The molecule has 0 bridgehead atoms. The van der Waals surface area contributed by atoms with E-state index in [1.165, 1.54) is 11.8 Å². The minimum atomic E-state index is -3.99. The summed E-state index contributed by atoms with van der Waals surface area (Å²) in [5.74, 6) is -3.99. The van der Waals surface area contributed by atoms with Gasteiger partial charge in [-0.05, 0) is 6.42 Å². The van der Waals surface area contributed by atoms with Crippen molar-refractivity contribution in [1.82, 2.24) is 5.32 Å². The predicted molar refractivity (Wildman–Crippen MR) is 57.5 cm³/mol. The Morgan fingerprint density at radius 1 is 1.56 bits per heavy atom. The van der Waals surface area contributed by atoms with Crippen molar-refractivity contribution in [2.24, 2.45) is 4.99 Å². The molecule has 1 unspecified atom stereocenters. The van der Waals surface area contributed by atoms with E-state index in [-0.39, 0.29) is 5.25 Å². The molecule has 0 spiro atoms. The lowest BCUT2D eigenvalue weighted by atomic mass is 10.2. The molecule has 0 saturated heterocycles. The molecule has 0 fully saturated rings. The summed E-state index contributed by atoms with van der Waals surface area (Å²) >= 11 is 1.35. The number of hydrogen-bond donors (Lipinski definition) is 1. The third kappa shape index (κ3) is 3.84. The van der Waals surface area contributed by atoms with Gasteiger partial charge in [-0.2, -0.15) is 8.78 Å². The van der Waals surface area contributed by atoms with Crippen molar-refractivity contribution < 1.29 is 17.6 Å². The van der Waals surface area contributed by atoms with E-state index in [0.29, 0.717) is 11.7 Å². The minimum absolute atomic E-state index is 0.285. The lowest BCUT2D eigenvalue weighted by molar-refractivity contribution is -0.122. The fraction of sp³-hybridized carbons (Fsp3) is 0.889. The molecule has 0 aromatic heterocycles. The third-order valence-electron chi connectivity index (χ3n) is 2.12. The molecule has 1 aliphatic heterocycles. The van der Waals surface area contributed by atoms with Crippen LogP contribution in [0.4, 0.5) is 17.6 Å². The molecule has 0 radical (unpaired) electrons. The van der Waals surface area contributed by atoms with Crippen LogP contribution in [0.3, 0.4) is 0 Å². The summed E-state index contributed by atoms with van der Waals surface area (Å²) in [6, 6.07) is 0. The highest BCUT2D eigenvalue weighted by atomic mass is 32.2. The van der Waals surface area contributed by atoms with Gasteiger partial charge in [-0.25, -0.2) is 8.78 Å².